The summed E-state index contributed by atoms with van der Waals surface area (Å²) in [5, 5.41) is 7.19. The van der Waals surface area contributed by atoms with Crippen molar-refractivity contribution in [2.45, 2.75) is 57.1 Å². The highest BCUT2D eigenvalue weighted by molar-refractivity contribution is 6.34. The van der Waals surface area contributed by atoms with Gasteiger partial charge in [-0.15, -0.1) is 0 Å². The van der Waals surface area contributed by atoms with E-state index in [1.807, 2.05) is 0 Å². The molecule has 1 atom stereocenters. The number of hydrogen-bond donors (Lipinski definition) is 1. The number of hydrogen-bond acceptors (Lipinski definition) is 3. The number of nitrogens with one attached hydrogen (secondary N) is 1. The molecule has 1 aromatic rings. The Labute approximate surface area is 140 Å². The van der Waals surface area contributed by atoms with E-state index in [0.29, 0.717) is 5.71 Å². The van der Waals surface area contributed by atoms with Crippen LogP contribution in [0.1, 0.15) is 50.5 Å². The van der Waals surface area contributed by atoms with Crippen LogP contribution in [0.2, 0.25) is 5.02 Å². The van der Waals surface area contributed by atoms with E-state index in [1.54, 1.807) is 6.07 Å². The largest absolute Gasteiger partial charge is 0.382 e. The molecule has 1 fully saturated rings. The maximum atomic E-state index is 13.9. The fraction of sp³-hybridized carbons (Fsp3) is 0.529. The van der Waals surface area contributed by atoms with Crippen molar-refractivity contribution in [1.29, 1.82) is 0 Å². The van der Waals surface area contributed by atoms with E-state index in [-0.39, 0.29) is 29.0 Å². The van der Waals surface area contributed by atoms with E-state index in [1.165, 1.54) is 25.0 Å². The van der Waals surface area contributed by atoms with Gasteiger partial charge in [-0.3, -0.25) is 4.79 Å². The van der Waals surface area contributed by atoms with Gasteiger partial charge in [-0.1, -0.05) is 48.5 Å². The Morgan fingerprint density at radius 3 is 2.70 bits per heavy atom. The zero-order valence-corrected chi connectivity index (χ0v) is 13.6. The highest BCUT2D eigenvalue weighted by Gasteiger charge is 2.32. The smallest absolute Gasteiger partial charge is 0.264 e. The number of carbonyl (C=O) groups is 1. The van der Waals surface area contributed by atoms with Gasteiger partial charge in [0.25, 0.3) is 5.91 Å². The van der Waals surface area contributed by atoms with E-state index in [0.717, 1.165) is 25.7 Å². The van der Waals surface area contributed by atoms with Gasteiger partial charge in [0.15, 0.2) is 0 Å². The van der Waals surface area contributed by atoms with E-state index in [2.05, 4.69) is 10.5 Å². The minimum Gasteiger partial charge on any atom is -0.382 e. The lowest BCUT2D eigenvalue weighted by Crippen LogP contribution is -2.41. The van der Waals surface area contributed by atoms with Crippen molar-refractivity contribution >= 4 is 23.2 Å². The summed E-state index contributed by atoms with van der Waals surface area (Å²) in [6.07, 6.45) is 6.28. The Morgan fingerprint density at radius 1 is 1.26 bits per heavy atom. The Balaban J connectivity index is 1.61. The van der Waals surface area contributed by atoms with Crippen molar-refractivity contribution in [2.24, 2.45) is 5.16 Å². The molecule has 1 aliphatic heterocycles. The molecule has 1 amide bonds. The van der Waals surface area contributed by atoms with Crippen LogP contribution >= 0.6 is 11.6 Å². The van der Waals surface area contributed by atoms with Crippen LogP contribution in [0.3, 0.4) is 0 Å². The molecule has 0 saturated heterocycles. The Morgan fingerprint density at radius 2 is 2.00 bits per heavy atom. The first-order chi connectivity index (χ1) is 11.1. The summed E-state index contributed by atoms with van der Waals surface area (Å²) < 4.78 is 13.9. The number of amides is 1. The van der Waals surface area contributed by atoms with Gasteiger partial charge in [0.05, 0.1) is 16.3 Å². The lowest BCUT2D eigenvalue weighted by Gasteiger charge is -2.18. The van der Waals surface area contributed by atoms with Crippen LogP contribution in [0.5, 0.6) is 0 Å². The van der Waals surface area contributed by atoms with E-state index in [9.17, 15) is 9.18 Å². The maximum Gasteiger partial charge on any atom is 0.264 e. The second kappa shape index (κ2) is 7.30. The van der Waals surface area contributed by atoms with Gasteiger partial charge in [-0.25, -0.2) is 4.39 Å². The predicted octanol–water partition coefficient (Wildman–Crippen LogP) is 3.81. The molecule has 1 saturated carbocycles. The molecule has 4 nitrogen and oxygen atoms in total. The molecule has 1 aliphatic carbocycles. The third-order valence-electron chi connectivity index (χ3n) is 4.41. The molecule has 1 N–H and O–H groups in total. The molecule has 1 unspecified atom stereocenters. The van der Waals surface area contributed by atoms with Gasteiger partial charge >= 0.3 is 0 Å². The normalized spacial score (nSPS) is 22.2. The first kappa shape index (κ1) is 16.2. The Bertz CT molecular complexity index is 592. The van der Waals surface area contributed by atoms with Gasteiger partial charge in [-0.2, -0.15) is 0 Å². The number of carbonyl (C=O) groups excluding carboxylic acids is 1. The first-order valence-electron chi connectivity index (χ1n) is 8.12. The molecule has 124 valence electrons. The standard InChI is InChI=1S/C17H20ClFN2O2/c18-12-8-5-9-13(19)16(12)14-10-15(23-21-14)17(22)20-11-6-3-1-2-4-7-11/h5,8-9,11,15H,1-4,6-7,10H2,(H,20,22). The monoisotopic (exact) mass is 338 g/mol. The maximum absolute atomic E-state index is 13.9. The fourth-order valence-corrected chi connectivity index (χ4v) is 3.43. The summed E-state index contributed by atoms with van der Waals surface area (Å²) in [7, 11) is 0. The highest BCUT2D eigenvalue weighted by atomic mass is 35.5. The number of nitrogens with zero attached hydrogens (tertiary/aromatic N) is 1. The van der Waals surface area contributed by atoms with Crippen molar-refractivity contribution in [3.05, 3.63) is 34.6 Å². The van der Waals surface area contributed by atoms with E-state index in [4.69, 9.17) is 16.4 Å². The molecule has 23 heavy (non-hydrogen) atoms. The Kier molecular flexibility index (Phi) is 5.16. The summed E-state index contributed by atoms with van der Waals surface area (Å²) in [5.41, 5.74) is 0.605. The minimum atomic E-state index is -0.705. The summed E-state index contributed by atoms with van der Waals surface area (Å²) >= 11 is 6.03. The molecule has 3 rings (SSSR count). The van der Waals surface area contributed by atoms with Gasteiger partial charge in [-0.05, 0) is 25.0 Å². The topological polar surface area (TPSA) is 50.7 Å². The zero-order chi connectivity index (χ0) is 16.2. The second-order valence-electron chi connectivity index (χ2n) is 6.13. The molecule has 6 heteroatoms. The summed E-state index contributed by atoms with van der Waals surface area (Å²) in [6, 6.07) is 4.66. The molecule has 0 bridgehead atoms. The molecule has 1 heterocycles. The van der Waals surface area contributed by atoms with Crippen molar-refractivity contribution in [3.8, 4) is 0 Å². The fourth-order valence-electron chi connectivity index (χ4n) is 3.16. The molecular formula is C17H20ClFN2O2. The molecular weight excluding hydrogens is 319 g/mol. The van der Waals surface area contributed by atoms with Crippen LogP contribution < -0.4 is 5.32 Å². The lowest BCUT2D eigenvalue weighted by atomic mass is 10.0. The SMILES string of the molecule is O=C(NC1CCCCCC1)C1CC(c2c(F)cccc2Cl)=NO1. The average Bonchev–Trinajstić information content (AvgIpc) is 2.86. The minimum absolute atomic E-state index is 0.178. The number of oxime groups is 1. The van der Waals surface area contributed by atoms with E-state index >= 15 is 0 Å². The van der Waals surface area contributed by atoms with Crippen molar-refractivity contribution in [1.82, 2.24) is 5.32 Å². The van der Waals surface area contributed by atoms with Crippen molar-refractivity contribution in [2.75, 3.05) is 0 Å². The molecule has 1 aromatic carbocycles. The van der Waals surface area contributed by atoms with Crippen LogP contribution in [0, 0.1) is 5.82 Å². The van der Waals surface area contributed by atoms with Gasteiger partial charge in [0, 0.05) is 12.5 Å². The van der Waals surface area contributed by atoms with Gasteiger partial charge in [0.1, 0.15) is 5.82 Å². The number of rotatable bonds is 3. The average molecular weight is 339 g/mol. The third-order valence-corrected chi connectivity index (χ3v) is 4.73. The number of benzene rings is 1. The molecule has 0 radical (unpaired) electrons. The molecule has 0 aromatic heterocycles. The van der Waals surface area contributed by atoms with Crippen molar-refractivity contribution in [3.63, 3.8) is 0 Å². The van der Waals surface area contributed by atoms with Crippen LogP contribution in [-0.2, 0) is 9.63 Å². The molecule has 2 aliphatic rings. The van der Waals surface area contributed by atoms with Crippen LogP contribution in [0.4, 0.5) is 4.39 Å². The Hall–Kier alpha value is -1.62. The predicted molar refractivity (Wildman–Crippen MR) is 87.1 cm³/mol. The molecule has 0 spiro atoms. The van der Waals surface area contributed by atoms with Crippen LogP contribution in [0.15, 0.2) is 23.4 Å². The number of halogens is 2. The second-order valence-corrected chi connectivity index (χ2v) is 6.54. The summed E-state index contributed by atoms with van der Waals surface area (Å²) in [4.78, 5) is 17.6. The van der Waals surface area contributed by atoms with Crippen molar-refractivity contribution < 1.29 is 14.0 Å². The quantitative estimate of drug-likeness (QED) is 0.852. The van der Waals surface area contributed by atoms with Gasteiger partial charge < -0.3 is 10.2 Å². The lowest BCUT2D eigenvalue weighted by molar-refractivity contribution is -0.132. The summed E-state index contributed by atoms with van der Waals surface area (Å²) in [6.45, 7) is 0. The van der Waals surface area contributed by atoms with Gasteiger partial charge in [0.2, 0.25) is 6.10 Å². The van der Waals surface area contributed by atoms with Crippen LogP contribution in [-0.4, -0.2) is 23.8 Å². The first-order valence-corrected chi connectivity index (χ1v) is 8.50. The highest BCUT2D eigenvalue weighted by Crippen LogP contribution is 2.26. The van der Waals surface area contributed by atoms with E-state index < -0.39 is 11.9 Å². The van der Waals surface area contributed by atoms with Crippen LogP contribution in [0.25, 0.3) is 0 Å². The third kappa shape index (κ3) is 3.83. The zero-order valence-electron chi connectivity index (χ0n) is 12.9. The summed E-state index contributed by atoms with van der Waals surface area (Å²) in [5.74, 6) is -0.632.